The topological polar surface area (TPSA) is 49.6 Å². The summed E-state index contributed by atoms with van der Waals surface area (Å²) in [4.78, 5) is 7.97. The van der Waals surface area contributed by atoms with Gasteiger partial charge in [0.05, 0.1) is 11.4 Å². The van der Waals surface area contributed by atoms with Crippen LogP contribution in [0.2, 0.25) is 10.4 Å². The van der Waals surface area contributed by atoms with E-state index in [-0.39, 0.29) is 10.4 Å². The number of fused-ring (bicyclic) bond motifs is 1. The number of nitrogens with one attached hydrogen (secondary N) is 1. The SMILES string of the molecule is C/C=C1\C(=N)C(Br)=Cc2nc(Cl)nc(Cl)c21. The van der Waals surface area contributed by atoms with Gasteiger partial charge >= 0.3 is 0 Å². The lowest BCUT2D eigenvalue weighted by Gasteiger charge is -2.17. The molecule has 1 N–H and O–H groups in total. The van der Waals surface area contributed by atoms with E-state index in [2.05, 4.69) is 25.9 Å². The number of hydrogen-bond donors (Lipinski definition) is 1. The molecule has 0 atom stereocenters. The molecular weight excluding hydrogens is 313 g/mol. The Labute approximate surface area is 111 Å². The number of hydrogen-bond acceptors (Lipinski definition) is 3. The highest BCUT2D eigenvalue weighted by Crippen LogP contribution is 2.35. The summed E-state index contributed by atoms with van der Waals surface area (Å²) in [5.74, 6) is 0. The molecule has 1 aliphatic carbocycles. The van der Waals surface area contributed by atoms with E-state index in [0.29, 0.717) is 27.0 Å². The highest BCUT2D eigenvalue weighted by molar-refractivity contribution is 9.12. The smallest absolute Gasteiger partial charge is 0.224 e. The van der Waals surface area contributed by atoms with E-state index in [1.54, 1.807) is 12.2 Å². The molecule has 1 aromatic rings. The number of allylic oxidation sites excluding steroid dienone is 3. The van der Waals surface area contributed by atoms with Crippen molar-refractivity contribution in [2.45, 2.75) is 6.92 Å². The summed E-state index contributed by atoms with van der Waals surface area (Å²) in [6.45, 7) is 1.84. The van der Waals surface area contributed by atoms with E-state index in [1.807, 2.05) is 6.92 Å². The first-order valence-electron chi connectivity index (χ1n) is 4.40. The van der Waals surface area contributed by atoms with E-state index in [0.717, 1.165) is 0 Å². The van der Waals surface area contributed by atoms with Crippen molar-refractivity contribution in [2.75, 3.05) is 0 Å². The third kappa shape index (κ3) is 1.81. The van der Waals surface area contributed by atoms with Gasteiger partial charge in [-0.3, -0.25) is 5.41 Å². The third-order valence-electron chi connectivity index (χ3n) is 2.20. The molecule has 0 saturated heterocycles. The molecule has 3 nitrogen and oxygen atoms in total. The molecule has 0 bridgehead atoms. The van der Waals surface area contributed by atoms with Gasteiger partial charge in [-0.25, -0.2) is 9.97 Å². The molecule has 82 valence electrons. The molecule has 1 heterocycles. The summed E-state index contributed by atoms with van der Waals surface area (Å²) in [6, 6.07) is 0. The normalized spacial score (nSPS) is 17.4. The molecule has 0 aliphatic heterocycles. The summed E-state index contributed by atoms with van der Waals surface area (Å²) in [5, 5.41) is 8.27. The van der Waals surface area contributed by atoms with Crippen LogP contribution in [0.25, 0.3) is 11.6 Å². The van der Waals surface area contributed by atoms with Crippen LogP contribution in [0.15, 0.2) is 10.6 Å². The fourth-order valence-corrected chi connectivity index (χ4v) is 2.44. The first-order valence-corrected chi connectivity index (χ1v) is 5.95. The van der Waals surface area contributed by atoms with Crippen LogP contribution < -0.4 is 0 Å². The molecule has 1 aliphatic rings. The second-order valence-electron chi connectivity index (χ2n) is 3.11. The van der Waals surface area contributed by atoms with E-state index in [9.17, 15) is 0 Å². The second kappa shape index (κ2) is 4.28. The van der Waals surface area contributed by atoms with Crippen molar-refractivity contribution in [3.8, 4) is 0 Å². The Morgan fingerprint density at radius 2 is 2.06 bits per heavy atom. The standard InChI is InChI=1S/C10H6BrCl2N3/c1-2-4-7-6(3-5(11)8(4)14)15-10(13)16-9(7)12/h2-3,14H,1H3/b4-2-,14-8?. The number of nitrogens with zero attached hydrogens (tertiary/aromatic N) is 2. The Hall–Kier alpha value is -0.710. The van der Waals surface area contributed by atoms with E-state index < -0.39 is 0 Å². The molecular formula is C10H6BrCl2N3. The third-order valence-corrected chi connectivity index (χ3v) is 3.26. The van der Waals surface area contributed by atoms with Crippen molar-refractivity contribution in [2.24, 2.45) is 0 Å². The average molecular weight is 319 g/mol. The Kier molecular flexibility index (Phi) is 3.15. The number of rotatable bonds is 0. The Balaban J connectivity index is 2.80. The fourth-order valence-electron chi connectivity index (χ4n) is 1.51. The molecule has 0 amide bonds. The van der Waals surface area contributed by atoms with Crippen LogP contribution in [0.1, 0.15) is 18.2 Å². The lowest BCUT2D eigenvalue weighted by atomic mass is 9.95. The molecule has 6 heteroatoms. The number of aromatic nitrogens is 2. The summed E-state index contributed by atoms with van der Waals surface area (Å²) in [7, 11) is 0. The maximum absolute atomic E-state index is 7.90. The summed E-state index contributed by atoms with van der Waals surface area (Å²) < 4.78 is 0.652. The van der Waals surface area contributed by atoms with Crippen molar-refractivity contribution < 1.29 is 0 Å². The minimum atomic E-state index is 0.101. The summed E-state index contributed by atoms with van der Waals surface area (Å²) >= 11 is 15.1. The van der Waals surface area contributed by atoms with Gasteiger partial charge in [0.25, 0.3) is 0 Å². The molecule has 16 heavy (non-hydrogen) atoms. The van der Waals surface area contributed by atoms with Crippen molar-refractivity contribution in [3.63, 3.8) is 0 Å². The van der Waals surface area contributed by atoms with Gasteiger partial charge in [0.15, 0.2) is 0 Å². The van der Waals surface area contributed by atoms with Crippen LogP contribution in [0, 0.1) is 5.41 Å². The first-order chi connectivity index (χ1) is 7.54. The zero-order valence-electron chi connectivity index (χ0n) is 8.18. The Morgan fingerprint density at radius 3 is 2.69 bits per heavy atom. The van der Waals surface area contributed by atoms with Gasteiger partial charge in [-0.05, 0) is 40.5 Å². The zero-order chi connectivity index (χ0) is 11.9. The first kappa shape index (κ1) is 11.8. The quantitative estimate of drug-likeness (QED) is 0.581. The van der Waals surface area contributed by atoms with E-state index >= 15 is 0 Å². The van der Waals surface area contributed by atoms with Crippen molar-refractivity contribution in [1.82, 2.24) is 9.97 Å². The van der Waals surface area contributed by atoms with Gasteiger partial charge in [-0.1, -0.05) is 17.7 Å². The maximum atomic E-state index is 7.90. The molecule has 1 aromatic heterocycles. The van der Waals surface area contributed by atoms with Crippen molar-refractivity contribution >= 4 is 56.5 Å². The Bertz CT molecular complexity index is 549. The van der Waals surface area contributed by atoms with E-state index in [4.69, 9.17) is 28.6 Å². The lowest BCUT2D eigenvalue weighted by Crippen LogP contribution is -2.10. The van der Waals surface area contributed by atoms with E-state index in [1.165, 1.54) is 0 Å². The lowest BCUT2D eigenvalue weighted by molar-refractivity contribution is 1.14. The molecule has 2 rings (SSSR count). The summed E-state index contributed by atoms with van der Waals surface area (Å²) in [5.41, 5.74) is 2.34. The van der Waals surface area contributed by atoms with Crippen molar-refractivity contribution in [3.05, 3.63) is 32.3 Å². The monoisotopic (exact) mass is 317 g/mol. The maximum Gasteiger partial charge on any atom is 0.224 e. The highest BCUT2D eigenvalue weighted by atomic mass is 79.9. The van der Waals surface area contributed by atoms with Crippen LogP contribution >= 0.6 is 39.1 Å². The van der Waals surface area contributed by atoms with Crippen LogP contribution in [-0.4, -0.2) is 15.7 Å². The van der Waals surface area contributed by atoms with Gasteiger partial charge in [-0.2, -0.15) is 0 Å². The minimum Gasteiger partial charge on any atom is -0.299 e. The molecule has 0 aromatic carbocycles. The molecule has 0 unspecified atom stereocenters. The highest BCUT2D eigenvalue weighted by Gasteiger charge is 2.23. The van der Waals surface area contributed by atoms with Crippen LogP contribution in [0.5, 0.6) is 0 Å². The van der Waals surface area contributed by atoms with Crippen LogP contribution in [0.4, 0.5) is 0 Å². The molecule has 0 radical (unpaired) electrons. The average Bonchev–Trinajstić information content (AvgIpc) is 2.20. The van der Waals surface area contributed by atoms with Gasteiger partial charge in [0, 0.05) is 15.6 Å². The predicted octanol–water partition coefficient (Wildman–Crippen LogP) is 3.96. The zero-order valence-corrected chi connectivity index (χ0v) is 11.3. The van der Waals surface area contributed by atoms with Gasteiger partial charge in [0.1, 0.15) is 5.15 Å². The van der Waals surface area contributed by atoms with Gasteiger partial charge in [-0.15, -0.1) is 0 Å². The fraction of sp³-hybridized carbons (Fsp3) is 0.100. The summed E-state index contributed by atoms with van der Waals surface area (Å²) in [6.07, 6.45) is 3.52. The predicted molar refractivity (Wildman–Crippen MR) is 70.3 cm³/mol. The van der Waals surface area contributed by atoms with Crippen LogP contribution in [0.3, 0.4) is 0 Å². The van der Waals surface area contributed by atoms with Gasteiger partial charge < -0.3 is 0 Å². The molecule has 0 fully saturated rings. The van der Waals surface area contributed by atoms with Crippen molar-refractivity contribution in [1.29, 1.82) is 5.41 Å². The molecule has 0 spiro atoms. The largest absolute Gasteiger partial charge is 0.299 e. The van der Waals surface area contributed by atoms with Gasteiger partial charge in [0.2, 0.25) is 5.28 Å². The second-order valence-corrected chi connectivity index (χ2v) is 4.66. The molecule has 0 saturated carbocycles. The van der Waals surface area contributed by atoms with Crippen LogP contribution in [-0.2, 0) is 0 Å². The number of halogens is 3. The Morgan fingerprint density at radius 1 is 1.38 bits per heavy atom. The minimum absolute atomic E-state index is 0.101.